The summed E-state index contributed by atoms with van der Waals surface area (Å²) >= 11 is 0. The second-order valence-corrected chi connectivity index (χ2v) is 4.05. The van der Waals surface area contributed by atoms with Gasteiger partial charge in [-0.25, -0.2) is 0 Å². The Balaban J connectivity index is 1.92. The summed E-state index contributed by atoms with van der Waals surface area (Å²) in [5, 5.41) is 4.13. The minimum atomic E-state index is 0.131. The molecule has 2 rings (SSSR count). The van der Waals surface area contributed by atoms with E-state index in [0.717, 1.165) is 12.8 Å². The van der Waals surface area contributed by atoms with Crippen LogP contribution in [0.4, 0.5) is 0 Å². The molecule has 2 N–H and O–H groups in total. The van der Waals surface area contributed by atoms with Crippen LogP contribution in [0.15, 0.2) is 36.9 Å². The minimum absolute atomic E-state index is 0.131. The van der Waals surface area contributed by atoms with Gasteiger partial charge in [0.25, 0.3) is 0 Å². The molecule has 0 aliphatic heterocycles. The van der Waals surface area contributed by atoms with E-state index in [2.05, 4.69) is 10.1 Å². The third-order valence-electron chi connectivity index (χ3n) is 2.50. The van der Waals surface area contributed by atoms with Gasteiger partial charge in [-0.3, -0.25) is 9.67 Å². The lowest BCUT2D eigenvalue weighted by Gasteiger charge is -2.09. The maximum absolute atomic E-state index is 6.09. The lowest BCUT2D eigenvalue weighted by atomic mass is 10.0. The van der Waals surface area contributed by atoms with Crippen molar-refractivity contribution in [3.8, 4) is 0 Å². The predicted molar refractivity (Wildman–Crippen MR) is 62.8 cm³/mol. The third-order valence-corrected chi connectivity index (χ3v) is 2.50. The normalized spacial score (nSPS) is 12.6. The smallest absolute Gasteiger partial charge is 0.0522 e. The van der Waals surface area contributed by atoms with Gasteiger partial charge < -0.3 is 5.73 Å². The topological polar surface area (TPSA) is 56.7 Å². The summed E-state index contributed by atoms with van der Waals surface area (Å²) in [6, 6.07) is 4.14. The van der Waals surface area contributed by atoms with Crippen molar-refractivity contribution in [3.63, 3.8) is 0 Å². The van der Waals surface area contributed by atoms with Crippen LogP contribution in [0.5, 0.6) is 0 Å². The standard InChI is InChI=1S/C12H16N4/c1-16-9-11(8-15-16)7-12(13)6-10-2-4-14-5-3-10/h2-5,8-9,12H,6-7,13H2,1H3. The summed E-state index contributed by atoms with van der Waals surface area (Å²) in [6.45, 7) is 0. The Morgan fingerprint density at radius 3 is 2.56 bits per heavy atom. The van der Waals surface area contributed by atoms with Crippen LogP contribution in [-0.4, -0.2) is 20.8 Å². The molecule has 84 valence electrons. The van der Waals surface area contributed by atoms with Crippen molar-refractivity contribution in [2.45, 2.75) is 18.9 Å². The number of rotatable bonds is 4. The second-order valence-electron chi connectivity index (χ2n) is 4.05. The number of aryl methyl sites for hydroxylation is 1. The Bertz CT molecular complexity index is 435. The van der Waals surface area contributed by atoms with Crippen molar-refractivity contribution in [3.05, 3.63) is 48.0 Å². The largest absolute Gasteiger partial charge is 0.327 e. The lowest BCUT2D eigenvalue weighted by molar-refractivity contribution is 0.663. The molecular weight excluding hydrogens is 200 g/mol. The Morgan fingerprint density at radius 1 is 1.25 bits per heavy atom. The van der Waals surface area contributed by atoms with E-state index in [1.807, 2.05) is 31.6 Å². The summed E-state index contributed by atoms with van der Waals surface area (Å²) < 4.78 is 1.80. The van der Waals surface area contributed by atoms with Gasteiger partial charge in [0, 0.05) is 31.7 Å². The first-order chi connectivity index (χ1) is 7.74. The molecule has 0 aliphatic rings. The lowest BCUT2D eigenvalue weighted by Crippen LogP contribution is -2.25. The first kappa shape index (κ1) is 10.8. The van der Waals surface area contributed by atoms with Gasteiger partial charge in [-0.05, 0) is 36.1 Å². The van der Waals surface area contributed by atoms with Crippen molar-refractivity contribution in [1.82, 2.24) is 14.8 Å². The molecule has 2 aromatic rings. The number of pyridine rings is 1. The molecule has 2 aromatic heterocycles. The van der Waals surface area contributed by atoms with E-state index in [9.17, 15) is 0 Å². The van der Waals surface area contributed by atoms with Crippen LogP contribution in [0, 0.1) is 0 Å². The number of nitrogens with zero attached hydrogens (tertiary/aromatic N) is 3. The van der Waals surface area contributed by atoms with Gasteiger partial charge in [-0.1, -0.05) is 0 Å². The Labute approximate surface area is 95.1 Å². The summed E-state index contributed by atoms with van der Waals surface area (Å²) in [5.74, 6) is 0. The van der Waals surface area contributed by atoms with Gasteiger partial charge >= 0.3 is 0 Å². The highest BCUT2D eigenvalue weighted by molar-refractivity contribution is 5.13. The van der Waals surface area contributed by atoms with Crippen molar-refractivity contribution >= 4 is 0 Å². The molecular formula is C12H16N4. The highest BCUT2D eigenvalue weighted by Crippen LogP contribution is 2.06. The van der Waals surface area contributed by atoms with Gasteiger partial charge in [0.2, 0.25) is 0 Å². The van der Waals surface area contributed by atoms with Gasteiger partial charge in [-0.2, -0.15) is 5.10 Å². The molecule has 0 saturated carbocycles. The predicted octanol–water partition coefficient (Wildman–Crippen LogP) is 0.928. The molecule has 0 radical (unpaired) electrons. The van der Waals surface area contributed by atoms with Crippen LogP contribution in [0.1, 0.15) is 11.1 Å². The maximum Gasteiger partial charge on any atom is 0.0522 e. The van der Waals surface area contributed by atoms with Crippen LogP contribution in [-0.2, 0) is 19.9 Å². The quantitative estimate of drug-likeness (QED) is 0.827. The van der Waals surface area contributed by atoms with Crippen molar-refractivity contribution in [1.29, 1.82) is 0 Å². The monoisotopic (exact) mass is 216 g/mol. The van der Waals surface area contributed by atoms with E-state index in [-0.39, 0.29) is 6.04 Å². The van der Waals surface area contributed by atoms with Crippen LogP contribution >= 0.6 is 0 Å². The second kappa shape index (κ2) is 4.90. The van der Waals surface area contributed by atoms with E-state index in [1.54, 1.807) is 17.1 Å². The van der Waals surface area contributed by atoms with Gasteiger partial charge in [0.05, 0.1) is 6.20 Å². The summed E-state index contributed by atoms with van der Waals surface area (Å²) in [5.41, 5.74) is 8.50. The zero-order chi connectivity index (χ0) is 11.4. The fraction of sp³-hybridized carbons (Fsp3) is 0.333. The first-order valence-electron chi connectivity index (χ1n) is 5.36. The number of aromatic nitrogens is 3. The first-order valence-corrected chi connectivity index (χ1v) is 5.36. The molecule has 0 amide bonds. The fourth-order valence-electron chi connectivity index (χ4n) is 1.77. The minimum Gasteiger partial charge on any atom is -0.327 e. The van der Waals surface area contributed by atoms with Crippen molar-refractivity contribution in [2.24, 2.45) is 12.8 Å². The SMILES string of the molecule is Cn1cc(CC(N)Cc2ccncc2)cn1. The van der Waals surface area contributed by atoms with E-state index in [1.165, 1.54) is 11.1 Å². The van der Waals surface area contributed by atoms with E-state index in [0.29, 0.717) is 0 Å². The molecule has 1 unspecified atom stereocenters. The number of nitrogens with two attached hydrogens (primary N) is 1. The highest BCUT2D eigenvalue weighted by Gasteiger charge is 2.06. The Morgan fingerprint density at radius 2 is 1.94 bits per heavy atom. The maximum atomic E-state index is 6.09. The molecule has 0 spiro atoms. The number of hydrogen-bond acceptors (Lipinski definition) is 3. The molecule has 0 bridgehead atoms. The molecule has 1 atom stereocenters. The van der Waals surface area contributed by atoms with Gasteiger partial charge in [0.15, 0.2) is 0 Å². The Kier molecular flexibility index (Phi) is 3.31. The van der Waals surface area contributed by atoms with Crippen LogP contribution < -0.4 is 5.73 Å². The van der Waals surface area contributed by atoms with Crippen LogP contribution in [0.3, 0.4) is 0 Å². The summed E-state index contributed by atoms with van der Waals surface area (Å²) in [4.78, 5) is 3.99. The number of hydrogen-bond donors (Lipinski definition) is 1. The van der Waals surface area contributed by atoms with E-state index in [4.69, 9.17) is 5.73 Å². The zero-order valence-corrected chi connectivity index (χ0v) is 9.37. The van der Waals surface area contributed by atoms with Crippen molar-refractivity contribution in [2.75, 3.05) is 0 Å². The van der Waals surface area contributed by atoms with Crippen LogP contribution in [0.2, 0.25) is 0 Å². The molecule has 2 heterocycles. The average Bonchev–Trinajstić information content (AvgIpc) is 2.65. The molecule has 0 aromatic carbocycles. The van der Waals surface area contributed by atoms with Gasteiger partial charge in [0.1, 0.15) is 0 Å². The Hall–Kier alpha value is -1.68. The fourth-order valence-corrected chi connectivity index (χ4v) is 1.77. The van der Waals surface area contributed by atoms with E-state index < -0.39 is 0 Å². The summed E-state index contributed by atoms with van der Waals surface area (Å²) in [7, 11) is 1.91. The molecule has 0 saturated heterocycles. The summed E-state index contributed by atoms with van der Waals surface area (Å²) in [6.07, 6.45) is 9.20. The zero-order valence-electron chi connectivity index (χ0n) is 9.37. The molecule has 0 aliphatic carbocycles. The molecule has 16 heavy (non-hydrogen) atoms. The highest BCUT2D eigenvalue weighted by atomic mass is 15.2. The molecule has 4 nitrogen and oxygen atoms in total. The van der Waals surface area contributed by atoms with E-state index >= 15 is 0 Å². The average molecular weight is 216 g/mol. The molecule has 4 heteroatoms. The molecule has 0 fully saturated rings. The van der Waals surface area contributed by atoms with Gasteiger partial charge in [-0.15, -0.1) is 0 Å². The van der Waals surface area contributed by atoms with Crippen LogP contribution in [0.25, 0.3) is 0 Å². The third kappa shape index (κ3) is 2.90. The van der Waals surface area contributed by atoms with Crippen molar-refractivity contribution < 1.29 is 0 Å².